The Kier molecular flexibility index (Phi) is 5.02. The lowest BCUT2D eigenvalue weighted by molar-refractivity contribution is -0.160. The number of hydrogen-bond acceptors (Lipinski definition) is 8. The topological polar surface area (TPSA) is 101 Å². The van der Waals surface area contributed by atoms with Gasteiger partial charge in [0.05, 0.1) is 12.3 Å². The first-order valence-electron chi connectivity index (χ1n) is 8.63. The van der Waals surface area contributed by atoms with Gasteiger partial charge in [0.1, 0.15) is 6.10 Å². The molecule has 3 heterocycles. The summed E-state index contributed by atoms with van der Waals surface area (Å²) in [5.74, 6) is -1.06. The van der Waals surface area contributed by atoms with E-state index in [4.69, 9.17) is 19.9 Å². The Balaban J connectivity index is 1.65. The van der Waals surface area contributed by atoms with Crippen molar-refractivity contribution in [1.29, 1.82) is 0 Å². The Labute approximate surface area is 150 Å². The highest BCUT2D eigenvalue weighted by Crippen LogP contribution is 2.52. The molecule has 0 saturated carbocycles. The number of aromatic nitrogens is 1. The molecule has 1 aromatic rings. The van der Waals surface area contributed by atoms with Gasteiger partial charge >= 0.3 is 11.9 Å². The summed E-state index contributed by atoms with van der Waals surface area (Å²) >= 11 is 1.28. The fourth-order valence-electron chi connectivity index (χ4n) is 3.51. The van der Waals surface area contributed by atoms with E-state index in [0.717, 1.165) is 19.3 Å². The molecule has 0 radical (unpaired) electrons. The van der Waals surface area contributed by atoms with Crippen molar-refractivity contribution in [1.82, 2.24) is 4.98 Å². The molecule has 0 bridgehead atoms. The van der Waals surface area contributed by atoms with Crippen LogP contribution in [-0.2, 0) is 29.4 Å². The van der Waals surface area contributed by atoms with Crippen LogP contribution in [0.1, 0.15) is 51.6 Å². The minimum Gasteiger partial charge on any atom is -0.459 e. The molecule has 1 spiro atoms. The zero-order valence-electron chi connectivity index (χ0n) is 14.6. The predicted molar refractivity (Wildman–Crippen MR) is 91.9 cm³/mol. The van der Waals surface area contributed by atoms with Crippen molar-refractivity contribution in [2.24, 2.45) is 5.41 Å². The van der Waals surface area contributed by atoms with Crippen LogP contribution in [0.2, 0.25) is 0 Å². The summed E-state index contributed by atoms with van der Waals surface area (Å²) in [4.78, 5) is 29.2. The maximum absolute atomic E-state index is 12.5. The maximum atomic E-state index is 12.5. The second-order valence-electron chi connectivity index (χ2n) is 6.96. The number of cyclic esters (lactones) is 2. The first-order chi connectivity index (χ1) is 11.9. The van der Waals surface area contributed by atoms with Gasteiger partial charge in [-0.2, -0.15) is 0 Å². The van der Waals surface area contributed by atoms with E-state index in [0.29, 0.717) is 24.0 Å². The SMILES string of the molecule is CCCCCOC[C@@H]1C[C@]2(C[C@](C)(c3csc(N)n3)OC2=O)C(=O)O1. The van der Waals surface area contributed by atoms with Gasteiger partial charge in [-0.05, 0) is 13.3 Å². The number of thiazole rings is 1. The average molecular weight is 368 g/mol. The molecule has 2 saturated heterocycles. The zero-order valence-corrected chi connectivity index (χ0v) is 15.4. The minimum absolute atomic E-state index is 0.215. The summed E-state index contributed by atoms with van der Waals surface area (Å²) in [5.41, 5.74) is 4.04. The molecule has 2 N–H and O–H groups in total. The molecule has 25 heavy (non-hydrogen) atoms. The monoisotopic (exact) mass is 368 g/mol. The molecular weight excluding hydrogens is 344 g/mol. The number of carbonyl (C=O) groups is 2. The van der Waals surface area contributed by atoms with Crippen LogP contribution in [0.15, 0.2) is 5.38 Å². The van der Waals surface area contributed by atoms with Crippen molar-refractivity contribution in [2.45, 2.75) is 57.7 Å². The molecule has 0 amide bonds. The number of nitrogens with two attached hydrogens (primary N) is 1. The molecular formula is C17H24N2O5S. The third-order valence-electron chi connectivity index (χ3n) is 4.85. The van der Waals surface area contributed by atoms with Crippen molar-refractivity contribution >= 4 is 28.4 Å². The maximum Gasteiger partial charge on any atom is 0.324 e. The van der Waals surface area contributed by atoms with Crippen molar-refractivity contribution in [3.8, 4) is 0 Å². The standard InChI is InChI=1S/C17H24N2O5S/c1-3-4-5-6-22-8-11-7-17(13(20)23-11)10-16(2,24-14(17)21)12-9-25-15(18)19-12/h9,11H,3-8,10H2,1-2H3,(H2,18,19)/t11-,16+,17-/m0/s1. The van der Waals surface area contributed by atoms with Gasteiger partial charge in [0.15, 0.2) is 16.1 Å². The van der Waals surface area contributed by atoms with Crippen LogP contribution in [0.4, 0.5) is 5.13 Å². The second kappa shape index (κ2) is 6.92. The van der Waals surface area contributed by atoms with Gasteiger partial charge in [-0.1, -0.05) is 19.8 Å². The number of nitrogen functional groups attached to an aromatic ring is 1. The molecule has 2 aliphatic rings. The molecule has 3 rings (SSSR count). The highest BCUT2D eigenvalue weighted by Gasteiger charge is 2.65. The summed E-state index contributed by atoms with van der Waals surface area (Å²) in [6.07, 6.45) is 3.30. The Morgan fingerprint density at radius 2 is 2.20 bits per heavy atom. The lowest BCUT2D eigenvalue weighted by Crippen LogP contribution is -2.32. The van der Waals surface area contributed by atoms with E-state index < -0.39 is 29.1 Å². The van der Waals surface area contributed by atoms with E-state index in [1.54, 1.807) is 12.3 Å². The van der Waals surface area contributed by atoms with Crippen LogP contribution in [0.25, 0.3) is 0 Å². The van der Waals surface area contributed by atoms with E-state index in [9.17, 15) is 9.59 Å². The first kappa shape index (κ1) is 18.1. The summed E-state index contributed by atoms with van der Waals surface area (Å²) in [6, 6.07) is 0. The van der Waals surface area contributed by atoms with Gasteiger partial charge in [-0.25, -0.2) is 4.98 Å². The fourth-order valence-corrected chi connectivity index (χ4v) is 4.20. The summed E-state index contributed by atoms with van der Waals surface area (Å²) in [5, 5.41) is 2.16. The van der Waals surface area contributed by atoms with Gasteiger partial charge in [0.25, 0.3) is 0 Å². The van der Waals surface area contributed by atoms with Gasteiger partial charge in [0.2, 0.25) is 0 Å². The minimum atomic E-state index is -1.26. The first-order valence-corrected chi connectivity index (χ1v) is 9.51. The number of nitrogens with zero attached hydrogens (tertiary/aromatic N) is 1. The predicted octanol–water partition coefficient (Wildman–Crippen LogP) is 2.40. The van der Waals surface area contributed by atoms with E-state index in [1.807, 2.05) is 0 Å². The Bertz CT molecular complexity index is 663. The number of unbranched alkanes of at least 4 members (excludes halogenated alkanes) is 2. The number of esters is 2. The Morgan fingerprint density at radius 1 is 1.40 bits per heavy atom. The molecule has 0 aliphatic carbocycles. The van der Waals surface area contributed by atoms with Crippen LogP contribution in [-0.4, -0.2) is 36.2 Å². The van der Waals surface area contributed by atoms with Crippen LogP contribution in [0.3, 0.4) is 0 Å². The Hall–Kier alpha value is -1.67. The van der Waals surface area contributed by atoms with Gasteiger partial charge in [0, 0.05) is 24.8 Å². The number of ether oxygens (including phenoxy) is 3. The highest BCUT2D eigenvalue weighted by atomic mass is 32.1. The Morgan fingerprint density at radius 3 is 2.88 bits per heavy atom. The highest BCUT2D eigenvalue weighted by molar-refractivity contribution is 7.13. The number of rotatable bonds is 7. The van der Waals surface area contributed by atoms with Crippen molar-refractivity contribution in [3.05, 3.63) is 11.1 Å². The molecule has 2 fully saturated rings. The smallest absolute Gasteiger partial charge is 0.324 e. The van der Waals surface area contributed by atoms with Gasteiger partial charge < -0.3 is 19.9 Å². The zero-order chi connectivity index (χ0) is 18.1. The van der Waals surface area contributed by atoms with Crippen molar-refractivity contribution in [3.63, 3.8) is 0 Å². The largest absolute Gasteiger partial charge is 0.459 e. The fraction of sp³-hybridized carbons (Fsp3) is 0.706. The van der Waals surface area contributed by atoms with E-state index in [-0.39, 0.29) is 12.8 Å². The molecule has 0 aromatic carbocycles. The molecule has 7 nitrogen and oxygen atoms in total. The third kappa shape index (κ3) is 3.37. The van der Waals surface area contributed by atoms with E-state index in [2.05, 4.69) is 11.9 Å². The second-order valence-corrected chi connectivity index (χ2v) is 7.85. The molecule has 138 valence electrons. The number of anilines is 1. The van der Waals surface area contributed by atoms with Crippen LogP contribution >= 0.6 is 11.3 Å². The average Bonchev–Trinajstić information content (AvgIpc) is 3.19. The summed E-state index contributed by atoms with van der Waals surface area (Å²) < 4.78 is 16.6. The lowest BCUT2D eigenvalue weighted by atomic mass is 9.78. The van der Waals surface area contributed by atoms with Crippen molar-refractivity contribution in [2.75, 3.05) is 18.9 Å². The normalized spacial score (nSPS) is 31.5. The molecule has 8 heteroatoms. The van der Waals surface area contributed by atoms with Crippen molar-refractivity contribution < 1.29 is 23.8 Å². The number of carbonyl (C=O) groups excluding carboxylic acids is 2. The molecule has 2 aliphatic heterocycles. The van der Waals surface area contributed by atoms with E-state index >= 15 is 0 Å². The summed E-state index contributed by atoms with van der Waals surface area (Å²) in [7, 11) is 0. The lowest BCUT2D eigenvalue weighted by Gasteiger charge is -2.20. The quantitative estimate of drug-likeness (QED) is 0.448. The molecule has 3 atom stereocenters. The van der Waals surface area contributed by atoms with Crippen LogP contribution in [0.5, 0.6) is 0 Å². The molecule has 1 aromatic heterocycles. The van der Waals surface area contributed by atoms with Gasteiger partial charge in [-0.15, -0.1) is 11.3 Å². The van der Waals surface area contributed by atoms with Crippen LogP contribution < -0.4 is 5.73 Å². The third-order valence-corrected chi connectivity index (χ3v) is 5.52. The van der Waals surface area contributed by atoms with Crippen LogP contribution in [0, 0.1) is 5.41 Å². The molecule has 0 unspecified atom stereocenters. The van der Waals surface area contributed by atoms with Gasteiger partial charge in [-0.3, -0.25) is 9.59 Å². The summed E-state index contributed by atoms with van der Waals surface area (Å²) in [6.45, 7) is 4.83. The number of hydrogen-bond donors (Lipinski definition) is 1. The van der Waals surface area contributed by atoms with E-state index in [1.165, 1.54) is 11.3 Å².